The Balaban J connectivity index is 2.09. The maximum absolute atomic E-state index is 13.0. The van der Waals surface area contributed by atoms with Crippen molar-refractivity contribution in [3.8, 4) is 0 Å². The molecule has 0 fully saturated rings. The molecule has 0 aliphatic carbocycles. The van der Waals surface area contributed by atoms with Gasteiger partial charge in [-0.05, 0) is 25.1 Å². The Morgan fingerprint density at radius 2 is 1.90 bits per heavy atom. The van der Waals surface area contributed by atoms with Crippen molar-refractivity contribution in [3.63, 3.8) is 0 Å². The van der Waals surface area contributed by atoms with E-state index in [9.17, 15) is 18.0 Å². The standard InChI is InChI=1S/C13H10F3N3O/c1-7-17-3-2-9(19-7)6-18-13(20)8-4-10(14)12(16)11(15)5-8/h2-5H,6H2,1H3,(H,18,20). The summed E-state index contributed by atoms with van der Waals surface area (Å²) in [5, 5.41) is 2.43. The van der Waals surface area contributed by atoms with Crippen LogP contribution >= 0.6 is 0 Å². The zero-order chi connectivity index (χ0) is 14.7. The Morgan fingerprint density at radius 3 is 2.50 bits per heavy atom. The van der Waals surface area contributed by atoms with Crippen molar-refractivity contribution in [3.05, 3.63) is 58.9 Å². The molecule has 1 amide bonds. The average molecular weight is 281 g/mol. The number of benzene rings is 1. The van der Waals surface area contributed by atoms with E-state index in [2.05, 4.69) is 15.3 Å². The summed E-state index contributed by atoms with van der Waals surface area (Å²) in [6, 6.07) is 2.87. The van der Waals surface area contributed by atoms with Gasteiger partial charge in [0.05, 0.1) is 12.2 Å². The molecule has 0 atom stereocenters. The van der Waals surface area contributed by atoms with Crippen molar-refractivity contribution < 1.29 is 18.0 Å². The Bertz CT molecular complexity index is 638. The van der Waals surface area contributed by atoms with E-state index in [1.165, 1.54) is 6.20 Å². The highest BCUT2D eigenvalue weighted by atomic mass is 19.2. The molecule has 0 aliphatic rings. The van der Waals surface area contributed by atoms with Gasteiger partial charge in [-0.15, -0.1) is 0 Å². The Morgan fingerprint density at radius 1 is 1.25 bits per heavy atom. The van der Waals surface area contributed by atoms with Crippen LogP contribution in [0.4, 0.5) is 13.2 Å². The first-order valence-corrected chi connectivity index (χ1v) is 5.68. The number of rotatable bonds is 3. The molecular formula is C13H10F3N3O. The topological polar surface area (TPSA) is 54.9 Å². The highest BCUT2D eigenvalue weighted by Crippen LogP contribution is 2.13. The molecule has 1 aromatic heterocycles. The van der Waals surface area contributed by atoms with Crippen LogP contribution in [0.1, 0.15) is 21.9 Å². The van der Waals surface area contributed by atoms with Gasteiger partial charge in [-0.2, -0.15) is 0 Å². The smallest absolute Gasteiger partial charge is 0.251 e. The number of aromatic nitrogens is 2. The van der Waals surface area contributed by atoms with Crippen LogP contribution in [0.5, 0.6) is 0 Å². The largest absolute Gasteiger partial charge is 0.346 e. The average Bonchev–Trinajstić information content (AvgIpc) is 2.41. The van der Waals surface area contributed by atoms with Crippen LogP contribution in [0.3, 0.4) is 0 Å². The minimum absolute atomic E-state index is 0.0722. The number of hydrogen-bond acceptors (Lipinski definition) is 3. The van der Waals surface area contributed by atoms with Crippen LogP contribution < -0.4 is 5.32 Å². The summed E-state index contributed by atoms with van der Waals surface area (Å²) in [6.07, 6.45) is 1.53. The molecule has 0 spiro atoms. The van der Waals surface area contributed by atoms with Crippen LogP contribution in [-0.2, 0) is 6.54 Å². The van der Waals surface area contributed by atoms with Crippen molar-refractivity contribution in [2.24, 2.45) is 0 Å². The molecule has 0 saturated heterocycles. The van der Waals surface area contributed by atoms with Crippen LogP contribution in [0.15, 0.2) is 24.4 Å². The predicted octanol–water partition coefficient (Wildman–Crippen LogP) is 2.13. The summed E-state index contributed by atoms with van der Waals surface area (Å²) >= 11 is 0. The Labute approximate surface area is 112 Å². The predicted molar refractivity (Wildman–Crippen MR) is 64.3 cm³/mol. The van der Waals surface area contributed by atoms with Gasteiger partial charge in [-0.25, -0.2) is 23.1 Å². The van der Waals surface area contributed by atoms with Crippen molar-refractivity contribution in [2.45, 2.75) is 13.5 Å². The van der Waals surface area contributed by atoms with Gasteiger partial charge in [0.15, 0.2) is 17.5 Å². The molecular weight excluding hydrogens is 271 g/mol. The van der Waals surface area contributed by atoms with Crippen molar-refractivity contribution in [1.29, 1.82) is 0 Å². The highest BCUT2D eigenvalue weighted by molar-refractivity contribution is 5.94. The van der Waals surface area contributed by atoms with Gasteiger partial charge in [0.25, 0.3) is 5.91 Å². The molecule has 2 aromatic rings. The third-order valence-electron chi connectivity index (χ3n) is 2.51. The lowest BCUT2D eigenvalue weighted by atomic mass is 10.2. The number of hydrogen-bond donors (Lipinski definition) is 1. The lowest BCUT2D eigenvalue weighted by Gasteiger charge is -2.06. The fourth-order valence-corrected chi connectivity index (χ4v) is 1.56. The summed E-state index contributed by atoms with van der Waals surface area (Å²) < 4.78 is 38.8. The second-order valence-electron chi connectivity index (χ2n) is 4.03. The fourth-order valence-electron chi connectivity index (χ4n) is 1.56. The second-order valence-corrected chi connectivity index (χ2v) is 4.03. The number of carbonyl (C=O) groups excluding carboxylic acids is 1. The van der Waals surface area contributed by atoms with E-state index in [-0.39, 0.29) is 12.1 Å². The third-order valence-corrected chi connectivity index (χ3v) is 2.51. The minimum atomic E-state index is -1.60. The van der Waals surface area contributed by atoms with Crippen LogP contribution in [0, 0.1) is 24.4 Å². The van der Waals surface area contributed by atoms with Gasteiger partial charge in [0, 0.05) is 11.8 Å². The normalized spacial score (nSPS) is 10.4. The van der Waals surface area contributed by atoms with E-state index in [0.717, 1.165) is 0 Å². The molecule has 1 heterocycles. The van der Waals surface area contributed by atoms with Gasteiger partial charge in [-0.1, -0.05) is 0 Å². The van der Waals surface area contributed by atoms with Crippen LogP contribution in [0.25, 0.3) is 0 Å². The molecule has 0 aliphatic heterocycles. The first kappa shape index (κ1) is 14.0. The molecule has 1 aromatic carbocycles. The van der Waals surface area contributed by atoms with Crippen molar-refractivity contribution in [1.82, 2.24) is 15.3 Å². The summed E-state index contributed by atoms with van der Waals surface area (Å²) in [6.45, 7) is 1.76. The molecule has 0 saturated carbocycles. The molecule has 0 radical (unpaired) electrons. The van der Waals surface area contributed by atoms with E-state index in [4.69, 9.17) is 0 Å². The Kier molecular flexibility index (Phi) is 3.97. The number of carbonyl (C=O) groups is 1. The van der Waals surface area contributed by atoms with Crippen LogP contribution in [0.2, 0.25) is 0 Å². The van der Waals surface area contributed by atoms with Gasteiger partial charge >= 0.3 is 0 Å². The Hall–Kier alpha value is -2.44. The summed E-state index contributed by atoms with van der Waals surface area (Å²) in [5.74, 6) is -4.61. The number of aryl methyl sites for hydroxylation is 1. The second kappa shape index (κ2) is 5.68. The first-order chi connectivity index (χ1) is 9.47. The van der Waals surface area contributed by atoms with Gasteiger partial charge in [0.1, 0.15) is 5.82 Å². The molecule has 7 heteroatoms. The van der Waals surface area contributed by atoms with Crippen molar-refractivity contribution >= 4 is 5.91 Å². The highest BCUT2D eigenvalue weighted by Gasteiger charge is 2.14. The summed E-state index contributed by atoms with van der Waals surface area (Å²) in [7, 11) is 0. The number of nitrogens with one attached hydrogen (secondary N) is 1. The third kappa shape index (κ3) is 3.11. The maximum Gasteiger partial charge on any atom is 0.251 e. The number of nitrogens with zero attached hydrogens (tertiary/aromatic N) is 2. The van der Waals surface area contributed by atoms with E-state index in [1.54, 1.807) is 13.0 Å². The number of halogens is 3. The van der Waals surface area contributed by atoms with Gasteiger partial charge in [-0.3, -0.25) is 4.79 Å². The SMILES string of the molecule is Cc1nccc(CNC(=O)c2cc(F)c(F)c(F)c2)n1. The lowest BCUT2D eigenvalue weighted by Crippen LogP contribution is -2.24. The van der Waals surface area contributed by atoms with E-state index in [1.807, 2.05) is 0 Å². The molecule has 0 bridgehead atoms. The number of amides is 1. The quantitative estimate of drug-likeness (QED) is 0.877. The first-order valence-electron chi connectivity index (χ1n) is 5.68. The molecule has 0 unspecified atom stereocenters. The van der Waals surface area contributed by atoms with E-state index in [0.29, 0.717) is 23.7 Å². The fraction of sp³-hybridized carbons (Fsp3) is 0.154. The molecule has 20 heavy (non-hydrogen) atoms. The van der Waals surface area contributed by atoms with Crippen LogP contribution in [-0.4, -0.2) is 15.9 Å². The van der Waals surface area contributed by atoms with Crippen molar-refractivity contribution in [2.75, 3.05) is 0 Å². The zero-order valence-corrected chi connectivity index (χ0v) is 10.5. The molecule has 1 N–H and O–H groups in total. The van der Waals surface area contributed by atoms with Gasteiger partial charge in [0.2, 0.25) is 0 Å². The maximum atomic E-state index is 13.0. The molecule has 4 nitrogen and oxygen atoms in total. The van der Waals surface area contributed by atoms with Gasteiger partial charge < -0.3 is 5.32 Å². The molecule has 2 rings (SSSR count). The molecule has 104 valence electrons. The monoisotopic (exact) mass is 281 g/mol. The summed E-state index contributed by atoms with van der Waals surface area (Å²) in [5.41, 5.74) is 0.251. The van der Waals surface area contributed by atoms with E-state index < -0.39 is 23.4 Å². The van der Waals surface area contributed by atoms with E-state index >= 15 is 0 Å². The lowest BCUT2D eigenvalue weighted by molar-refractivity contribution is 0.0949. The summed E-state index contributed by atoms with van der Waals surface area (Å²) in [4.78, 5) is 19.7. The zero-order valence-electron chi connectivity index (χ0n) is 10.5. The minimum Gasteiger partial charge on any atom is -0.346 e.